The maximum atomic E-state index is 4.86. The molecule has 0 saturated heterocycles. The van der Waals surface area contributed by atoms with Crippen molar-refractivity contribution in [3.05, 3.63) is 45.7 Å². The molecule has 100 valence electrons. The Labute approximate surface area is 118 Å². The summed E-state index contributed by atoms with van der Waals surface area (Å²) in [7, 11) is 0. The second kappa shape index (κ2) is 5.80. The normalized spacial score (nSPS) is 14.8. The Hall–Kier alpha value is -1.26. The van der Waals surface area contributed by atoms with E-state index in [4.69, 9.17) is 4.98 Å². The van der Waals surface area contributed by atoms with E-state index >= 15 is 0 Å². The molecule has 0 radical (unpaired) electrons. The third-order valence-corrected chi connectivity index (χ3v) is 4.40. The molecule has 2 aromatic heterocycles. The molecule has 1 N–H and O–H groups in total. The Morgan fingerprint density at radius 3 is 2.95 bits per heavy atom. The van der Waals surface area contributed by atoms with Gasteiger partial charge in [-0.25, -0.2) is 4.98 Å². The highest BCUT2D eigenvalue weighted by Gasteiger charge is 2.29. The first-order valence-electron chi connectivity index (χ1n) is 6.96. The monoisotopic (exact) mass is 273 g/mol. The van der Waals surface area contributed by atoms with Crippen LogP contribution in [0.1, 0.15) is 47.0 Å². The van der Waals surface area contributed by atoms with E-state index in [0.29, 0.717) is 0 Å². The Kier molecular flexibility index (Phi) is 3.89. The van der Waals surface area contributed by atoms with Gasteiger partial charge in [0.15, 0.2) is 0 Å². The van der Waals surface area contributed by atoms with Crippen LogP contribution in [-0.4, -0.2) is 16.5 Å². The third kappa shape index (κ3) is 3.19. The maximum Gasteiger partial charge on any atom is 0.0991 e. The number of nitrogens with one attached hydrogen (secondary N) is 1. The van der Waals surface area contributed by atoms with Crippen molar-refractivity contribution in [3.63, 3.8) is 0 Å². The van der Waals surface area contributed by atoms with Gasteiger partial charge < -0.3 is 5.32 Å². The lowest BCUT2D eigenvalue weighted by Gasteiger charge is -2.00. The largest absolute Gasteiger partial charge is 0.312 e. The highest BCUT2D eigenvalue weighted by atomic mass is 32.1. The highest BCUT2D eigenvalue weighted by Crippen LogP contribution is 2.42. The van der Waals surface area contributed by atoms with Gasteiger partial charge in [-0.05, 0) is 31.5 Å². The summed E-state index contributed by atoms with van der Waals surface area (Å²) in [6.07, 6.45) is 5.33. The number of thiazole rings is 1. The summed E-state index contributed by atoms with van der Waals surface area (Å²) in [5.74, 6) is 0.724. The predicted molar refractivity (Wildman–Crippen MR) is 78.5 cm³/mol. The van der Waals surface area contributed by atoms with Crippen LogP contribution in [0.2, 0.25) is 0 Å². The van der Waals surface area contributed by atoms with Crippen molar-refractivity contribution in [2.75, 3.05) is 6.54 Å². The Balaban J connectivity index is 1.78. The SMILES string of the molecule is CCNCc1sc(Cc2ccccn2)nc1C1CC1. The van der Waals surface area contributed by atoms with Crippen LogP contribution in [0.4, 0.5) is 0 Å². The molecule has 3 rings (SSSR count). The Morgan fingerprint density at radius 2 is 2.26 bits per heavy atom. The second-order valence-corrected chi connectivity index (χ2v) is 6.14. The summed E-state index contributed by atoms with van der Waals surface area (Å²) in [4.78, 5) is 10.7. The molecule has 1 aliphatic carbocycles. The standard InChI is InChI=1S/C15H19N3S/c1-2-16-10-13-15(11-6-7-11)18-14(19-13)9-12-5-3-4-8-17-12/h3-5,8,11,16H,2,6-7,9-10H2,1H3. The number of hydrogen-bond donors (Lipinski definition) is 1. The van der Waals surface area contributed by atoms with E-state index in [0.717, 1.165) is 31.1 Å². The molecular weight excluding hydrogens is 254 g/mol. The van der Waals surface area contributed by atoms with Gasteiger partial charge in [0.1, 0.15) is 0 Å². The summed E-state index contributed by atoms with van der Waals surface area (Å²) < 4.78 is 0. The highest BCUT2D eigenvalue weighted by molar-refractivity contribution is 7.11. The van der Waals surface area contributed by atoms with Crippen molar-refractivity contribution in [1.82, 2.24) is 15.3 Å². The summed E-state index contributed by atoms with van der Waals surface area (Å²) in [6.45, 7) is 4.12. The van der Waals surface area contributed by atoms with Gasteiger partial charge in [0.25, 0.3) is 0 Å². The van der Waals surface area contributed by atoms with Gasteiger partial charge in [-0.15, -0.1) is 11.3 Å². The topological polar surface area (TPSA) is 37.8 Å². The molecule has 1 aliphatic rings. The fraction of sp³-hybridized carbons (Fsp3) is 0.467. The van der Waals surface area contributed by atoms with Crippen LogP contribution >= 0.6 is 11.3 Å². The minimum Gasteiger partial charge on any atom is -0.312 e. The van der Waals surface area contributed by atoms with Crippen LogP contribution in [0, 0.1) is 0 Å². The predicted octanol–water partition coefficient (Wildman–Crippen LogP) is 3.12. The molecule has 0 aliphatic heterocycles. The maximum absolute atomic E-state index is 4.86. The molecule has 3 nitrogen and oxygen atoms in total. The lowest BCUT2D eigenvalue weighted by molar-refractivity contribution is 0.726. The van der Waals surface area contributed by atoms with E-state index in [1.54, 1.807) is 0 Å². The minimum atomic E-state index is 0.724. The molecule has 0 unspecified atom stereocenters. The van der Waals surface area contributed by atoms with Crippen molar-refractivity contribution >= 4 is 11.3 Å². The van der Waals surface area contributed by atoms with Crippen molar-refractivity contribution in [1.29, 1.82) is 0 Å². The van der Waals surface area contributed by atoms with Crippen molar-refractivity contribution in [2.45, 2.75) is 38.6 Å². The molecule has 1 fully saturated rings. The first kappa shape index (κ1) is 12.8. The van der Waals surface area contributed by atoms with Gasteiger partial charge in [-0.2, -0.15) is 0 Å². The van der Waals surface area contributed by atoms with Crippen molar-refractivity contribution < 1.29 is 0 Å². The smallest absolute Gasteiger partial charge is 0.0991 e. The first-order chi connectivity index (χ1) is 9.36. The zero-order chi connectivity index (χ0) is 13.1. The third-order valence-electron chi connectivity index (χ3n) is 3.33. The quantitative estimate of drug-likeness (QED) is 0.878. The number of rotatable bonds is 6. The zero-order valence-corrected chi connectivity index (χ0v) is 12.0. The van der Waals surface area contributed by atoms with Crippen LogP contribution in [0.15, 0.2) is 24.4 Å². The summed E-state index contributed by atoms with van der Waals surface area (Å²) in [5.41, 5.74) is 2.45. The van der Waals surface area contributed by atoms with Gasteiger partial charge in [0.2, 0.25) is 0 Å². The molecule has 0 bridgehead atoms. The van der Waals surface area contributed by atoms with Crippen LogP contribution in [-0.2, 0) is 13.0 Å². The Morgan fingerprint density at radius 1 is 1.37 bits per heavy atom. The van der Waals surface area contributed by atoms with E-state index in [1.165, 1.54) is 28.4 Å². The van der Waals surface area contributed by atoms with E-state index in [9.17, 15) is 0 Å². The lowest BCUT2D eigenvalue weighted by Crippen LogP contribution is -2.11. The molecule has 2 aromatic rings. The number of pyridine rings is 1. The zero-order valence-electron chi connectivity index (χ0n) is 11.2. The fourth-order valence-corrected chi connectivity index (χ4v) is 3.33. The van der Waals surface area contributed by atoms with Crippen LogP contribution in [0.25, 0.3) is 0 Å². The van der Waals surface area contributed by atoms with Gasteiger partial charge in [0, 0.05) is 35.7 Å². The average molecular weight is 273 g/mol. The van der Waals surface area contributed by atoms with Gasteiger partial charge in [0.05, 0.1) is 10.7 Å². The molecule has 2 heterocycles. The minimum absolute atomic E-state index is 0.724. The van der Waals surface area contributed by atoms with E-state index in [1.807, 2.05) is 29.7 Å². The van der Waals surface area contributed by atoms with Crippen LogP contribution in [0.5, 0.6) is 0 Å². The fourth-order valence-electron chi connectivity index (χ4n) is 2.19. The molecule has 0 spiro atoms. The number of nitrogens with zero attached hydrogens (tertiary/aromatic N) is 2. The number of hydrogen-bond acceptors (Lipinski definition) is 4. The van der Waals surface area contributed by atoms with Gasteiger partial charge >= 0.3 is 0 Å². The van der Waals surface area contributed by atoms with Crippen molar-refractivity contribution in [2.24, 2.45) is 0 Å². The molecule has 1 saturated carbocycles. The van der Waals surface area contributed by atoms with Gasteiger partial charge in [-0.3, -0.25) is 4.98 Å². The van der Waals surface area contributed by atoms with E-state index < -0.39 is 0 Å². The second-order valence-electron chi connectivity index (χ2n) is 4.97. The summed E-state index contributed by atoms with van der Waals surface area (Å²) in [5, 5.41) is 4.62. The van der Waals surface area contributed by atoms with Gasteiger partial charge in [-0.1, -0.05) is 13.0 Å². The number of aromatic nitrogens is 2. The molecule has 0 amide bonds. The summed E-state index contributed by atoms with van der Waals surface area (Å²) in [6, 6.07) is 6.07. The Bertz CT molecular complexity index is 532. The lowest BCUT2D eigenvalue weighted by atomic mass is 10.2. The first-order valence-corrected chi connectivity index (χ1v) is 7.77. The van der Waals surface area contributed by atoms with E-state index in [-0.39, 0.29) is 0 Å². The van der Waals surface area contributed by atoms with Crippen LogP contribution < -0.4 is 5.32 Å². The van der Waals surface area contributed by atoms with Crippen LogP contribution in [0.3, 0.4) is 0 Å². The molecular formula is C15H19N3S. The molecule has 4 heteroatoms. The molecule has 0 atom stereocenters. The average Bonchev–Trinajstić information content (AvgIpc) is 3.20. The van der Waals surface area contributed by atoms with Crippen molar-refractivity contribution in [3.8, 4) is 0 Å². The summed E-state index contributed by atoms with van der Waals surface area (Å²) >= 11 is 1.85. The molecule has 19 heavy (non-hydrogen) atoms. The molecule has 0 aromatic carbocycles. The van der Waals surface area contributed by atoms with E-state index in [2.05, 4.69) is 23.3 Å².